The van der Waals surface area contributed by atoms with Gasteiger partial charge in [-0.3, -0.25) is 14.6 Å². The molecule has 0 bridgehead atoms. The Kier molecular flexibility index (Phi) is 9.42. The highest BCUT2D eigenvalue weighted by molar-refractivity contribution is 6.29. The van der Waals surface area contributed by atoms with Crippen LogP contribution in [0.4, 0.5) is 13.2 Å². The van der Waals surface area contributed by atoms with E-state index < -0.39 is 29.3 Å². The van der Waals surface area contributed by atoms with Gasteiger partial charge in [-0.05, 0) is 36.2 Å². The average Bonchev–Trinajstić information content (AvgIpc) is 2.78. The second-order valence-electron chi connectivity index (χ2n) is 9.75. The fourth-order valence-electron chi connectivity index (χ4n) is 3.95. The van der Waals surface area contributed by atoms with Crippen molar-refractivity contribution in [3.63, 3.8) is 0 Å². The van der Waals surface area contributed by atoms with Crippen molar-refractivity contribution in [1.82, 2.24) is 5.32 Å². The molecule has 1 heterocycles. The Balaban J connectivity index is 0.00000481. The lowest BCUT2D eigenvalue weighted by Gasteiger charge is -2.26. The lowest BCUT2D eigenvalue weighted by molar-refractivity contribution is -0.869. The van der Waals surface area contributed by atoms with Gasteiger partial charge in [0.2, 0.25) is 0 Å². The van der Waals surface area contributed by atoms with Crippen LogP contribution >= 0.6 is 0 Å². The number of carbonyl (C=O) groups is 2. The molecular formula is C27H28ClF3N4O2. The van der Waals surface area contributed by atoms with Crippen molar-refractivity contribution in [1.29, 1.82) is 5.26 Å². The summed E-state index contributed by atoms with van der Waals surface area (Å²) >= 11 is 0. The molecule has 1 aliphatic heterocycles. The zero-order valence-electron chi connectivity index (χ0n) is 21.0. The molecule has 1 atom stereocenters. The molecule has 2 aromatic rings. The van der Waals surface area contributed by atoms with Crippen LogP contribution in [0.15, 0.2) is 64.8 Å². The number of nitriles is 1. The molecule has 0 radical (unpaired) electrons. The van der Waals surface area contributed by atoms with E-state index >= 15 is 0 Å². The Morgan fingerprint density at radius 2 is 1.78 bits per heavy atom. The summed E-state index contributed by atoms with van der Waals surface area (Å²) in [5.74, 6) is -2.30. The maximum absolute atomic E-state index is 13.7. The van der Waals surface area contributed by atoms with Crippen molar-refractivity contribution < 1.29 is 39.7 Å². The number of allylic oxidation sites excluding steroid dienone is 1. The van der Waals surface area contributed by atoms with Crippen LogP contribution in [-0.4, -0.2) is 56.1 Å². The van der Waals surface area contributed by atoms with Gasteiger partial charge in [-0.15, -0.1) is 0 Å². The normalized spacial score (nSPS) is 16.0. The Hall–Kier alpha value is -3.48. The molecule has 37 heavy (non-hydrogen) atoms. The summed E-state index contributed by atoms with van der Waals surface area (Å²) in [5.41, 5.74) is 0.859. The highest BCUT2D eigenvalue weighted by Gasteiger charge is 2.38. The zero-order chi connectivity index (χ0) is 26.7. The van der Waals surface area contributed by atoms with Crippen molar-refractivity contribution in [2.75, 3.05) is 34.2 Å². The van der Waals surface area contributed by atoms with Gasteiger partial charge in [0.15, 0.2) is 5.78 Å². The van der Waals surface area contributed by atoms with Gasteiger partial charge in [0, 0.05) is 12.1 Å². The number of hydrogen-bond donors (Lipinski definition) is 1. The zero-order valence-corrected chi connectivity index (χ0v) is 21.7. The monoisotopic (exact) mass is 532 g/mol. The smallest absolute Gasteiger partial charge is 0.416 e. The number of likely N-dealkylation sites (N-methyl/N-ethyl adjacent to an activating group) is 1. The van der Waals surface area contributed by atoms with Gasteiger partial charge in [-0.2, -0.15) is 18.4 Å². The minimum absolute atomic E-state index is 0. The summed E-state index contributed by atoms with van der Waals surface area (Å²) in [6.07, 6.45) is -4.41. The molecule has 1 amide bonds. The molecule has 3 rings (SSSR count). The predicted molar refractivity (Wildman–Crippen MR) is 130 cm³/mol. The number of nitrogens with one attached hydrogen (secondary N) is 1. The van der Waals surface area contributed by atoms with Crippen LogP contribution in [0, 0.1) is 11.3 Å². The van der Waals surface area contributed by atoms with Gasteiger partial charge < -0.3 is 22.2 Å². The molecule has 10 heteroatoms. The maximum atomic E-state index is 13.7. The summed E-state index contributed by atoms with van der Waals surface area (Å²) in [7, 11) is 5.89. The van der Waals surface area contributed by atoms with E-state index in [9.17, 15) is 22.8 Å². The summed E-state index contributed by atoms with van der Waals surface area (Å²) in [4.78, 5) is 31.4. The first kappa shape index (κ1) is 29.7. The molecule has 0 saturated heterocycles. The maximum Gasteiger partial charge on any atom is 0.416 e. The lowest BCUT2D eigenvalue weighted by Crippen LogP contribution is -3.00. The van der Waals surface area contributed by atoms with Crippen LogP contribution in [0.5, 0.6) is 0 Å². The topological polar surface area (TPSA) is 82.3 Å². The largest absolute Gasteiger partial charge is 1.00 e. The van der Waals surface area contributed by atoms with Crippen LogP contribution in [-0.2, 0) is 22.2 Å². The molecule has 196 valence electrons. The average molecular weight is 533 g/mol. The highest BCUT2D eigenvalue weighted by Crippen LogP contribution is 2.35. The molecule has 1 N–H and O–H groups in total. The van der Waals surface area contributed by atoms with Crippen LogP contribution < -0.4 is 17.7 Å². The number of halogens is 4. The number of benzene rings is 2. The van der Waals surface area contributed by atoms with Crippen molar-refractivity contribution >= 4 is 17.4 Å². The molecule has 0 fully saturated rings. The number of alkyl halides is 3. The summed E-state index contributed by atoms with van der Waals surface area (Å²) in [6, 6.07) is 13.3. The molecule has 1 unspecified atom stereocenters. The molecule has 0 spiro atoms. The van der Waals surface area contributed by atoms with E-state index in [0.29, 0.717) is 28.8 Å². The summed E-state index contributed by atoms with van der Waals surface area (Å²) < 4.78 is 40.5. The third kappa shape index (κ3) is 7.51. The highest BCUT2D eigenvalue weighted by atomic mass is 35.5. The molecule has 6 nitrogen and oxygen atoms in total. The van der Waals surface area contributed by atoms with E-state index in [1.807, 2.05) is 27.2 Å². The van der Waals surface area contributed by atoms with E-state index in [0.717, 1.165) is 17.7 Å². The van der Waals surface area contributed by atoms with E-state index in [1.165, 1.54) is 12.1 Å². The molecule has 0 aromatic heterocycles. The van der Waals surface area contributed by atoms with Crippen LogP contribution in [0.1, 0.15) is 35.1 Å². The van der Waals surface area contributed by atoms with Crippen molar-refractivity contribution in [3.05, 3.63) is 82.1 Å². The number of carbonyl (C=O) groups excluding carboxylic acids is 2. The van der Waals surface area contributed by atoms with E-state index in [1.54, 1.807) is 31.2 Å². The second-order valence-corrected chi connectivity index (χ2v) is 9.75. The van der Waals surface area contributed by atoms with Crippen LogP contribution in [0.25, 0.3) is 0 Å². The van der Waals surface area contributed by atoms with Gasteiger partial charge in [-0.25, -0.2) is 0 Å². The number of Topliss-reactive ketones (excluding diaryl/α,β-unsaturated/α-hetero) is 1. The Morgan fingerprint density at radius 1 is 1.14 bits per heavy atom. The Morgan fingerprint density at radius 3 is 2.35 bits per heavy atom. The van der Waals surface area contributed by atoms with Gasteiger partial charge in [0.05, 0.1) is 63.0 Å². The molecule has 0 saturated carbocycles. The van der Waals surface area contributed by atoms with Crippen LogP contribution in [0.3, 0.4) is 0 Å². The van der Waals surface area contributed by atoms with Crippen molar-refractivity contribution in [2.24, 2.45) is 4.99 Å². The minimum atomic E-state index is -4.57. The first-order chi connectivity index (χ1) is 16.8. The number of aliphatic imine (C=N–C) groups is 1. The molecule has 2 aromatic carbocycles. The number of amides is 1. The van der Waals surface area contributed by atoms with Crippen molar-refractivity contribution in [2.45, 2.75) is 25.4 Å². The number of hydrogen-bond acceptors (Lipinski definition) is 4. The molecular weight excluding hydrogens is 505 g/mol. The Labute approximate surface area is 220 Å². The number of rotatable bonds is 7. The minimum Gasteiger partial charge on any atom is -1.00 e. The quantitative estimate of drug-likeness (QED) is 0.427. The predicted octanol–water partition coefficient (Wildman–Crippen LogP) is 1.03. The van der Waals surface area contributed by atoms with E-state index in [4.69, 9.17) is 5.26 Å². The van der Waals surface area contributed by atoms with Gasteiger partial charge >= 0.3 is 6.18 Å². The van der Waals surface area contributed by atoms with Gasteiger partial charge in [0.1, 0.15) is 5.57 Å². The molecule has 1 aliphatic rings. The summed E-state index contributed by atoms with van der Waals surface area (Å²) in [6.45, 7) is 2.49. The lowest BCUT2D eigenvalue weighted by atomic mass is 9.82. The number of nitrogens with zero attached hydrogens (tertiary/aromatic N) is 3. The standard InChI is InChI=1S/C27H27F3N4O2.ClH/c1-17-23(20-6-5-7-21(15-20)27(28,29)30)25(35)24(26(36)32-12-13-34(2,3)4)22(33-17)14-18-8-10-19(16-31)11-9-18;/h5-11,15,23H,12-14H2,1-4H3;1H. The first-order valence-corrected chi connectivity index (χ1v) is 11.4. The van der Waals surface area contributed by atoms with E-state index in [-0.39, 0.29) is 35.7 Å². The Bertz CT molecular complexity index is 1270. The van der Waals surface area contributed by atoms with Gasteiger partial charge in [0.25, 0.3) is 5.91 Å². The van der Waals surface area contributed by atoms with Crippen LogP contribution in [0.2, 0.25) is 0 Å². The number of ketones is 1. The van der Waals surface area contributed by atoms with E-state index in [2.05, 4.69) is 10.3 Å². The second kappa shape index (κ2) is 11.7. The fourth-order valence-corrected chi connectivity index (χ4v) is 3.95. The third-order valence-electron chi connectivity index (χ3n) is 5.82. The third-order valence-corrected chi connectivity index (χ3v) is 5.82. The molecule has 0 aliphatic carbocycles. The first-order valence-electron chi connectivity index (χ1n) is 11.4. The number of quaternary nitrogens is 1. The summed E-state index contributed by atoms with van der Waals surface area (Å²) in [5, 5.41) is 11.8. The van der Waals surface area contributed by atoms with Gasteiger partial charge in [-0.1, -0.05) is 30.3 Å². The fraction of sp³-hybridized carbons (Fsp3) is 0.333. The van der Waals surface area contributed by atoms with Crippen molar-refractivity contribution in [3.8, 4) is 6.07 Å². The SMILES string of the molecule is CC1=NC(Cc2ccc(C#N)cc2)=C(C(=O)NCC[N+](C)(C)C)C(=O)C1c1cccc(C(F)(F)F)c1.[Cl-].